The van der Waals surface area contributed by atoms with Gasteiger partial charge in [0.15, 0.2) is 5.78 Å². The predicted octanol–water partition coefficient (Wildman–Crippen LogP) is 8.29. The van der Waals surface area contributed by atoms with Crippen molar-refractivity contribution in [1.82, 2.24) is 30.4 Å². The Morgan fingerprint density at radius 2 is 1.28 bits per heavy atom. The van der Waals surface area contributed by atoms with Crippen molar-refractivity contribution < 1.29 is 14.4 Å². The van der Waals surface area contributed by atoms with Gasteiger partial charge in [-0.25, -0.2) is 0 Å². The van der Waals surface area contributed by atoms with E-state index in [0.717, 1.165) is 82.6 Å². The number of fused-ring (bicyclic) bond motifs is 4. The number of aromatic nitrogens is 2. The molecule has 2 saturated heterocycles. The highest BCUT2D eigenvalue weighted by molar-refractivity contribution is 8.00. The Morgan fingerprint density at radius 3 is 1.80 bits per heavy atom. The number of benzene rings is 2. The molecule has 60 heavy (non-hydrogen) atoms. The van der Waals surface area contributed by atoms with Crippen molar-refractivity contribution in [1.29, 1.82) is 0 Å². The fourth-order valence-electron chi connectivity index (χ4n) is 11.4. The molecule has 324 valence electrons. The van der Waals surface area contributed by atoms with Gasteiger partial charge in [-0.2, -0.15) is 23.5 Å². The minimum Gasteiger partial charge on any atom is -0.361 e. The van der Waals surface area contributed by atoms with Gasteiger partial charge in [0.2, 0.25) is 11.8 Å². The first-order chi connectivity index (χ1) is 29.2. The fraction of sp³-hybridized carbons (Fsp3) is 0.612. The quantitative estimate of drug-likeness (QED) is 0.0663. The van der Waals surface area contributed by atoms with E-state index in [2.05, 4.69) is 93.0 Å². The highest BCUT2D eigenvalue weighted by Gasteiger charge is 2.42. The Morgan fingerprint density at radius 1 is 0.750 bits per heavy atom. The molecule has 2 aromatic heterocycles. The van der Waals surface area contributed by atoms with Crippen molar-refractivity contribution in [3.8, 4) is 0 Å². The third kappa shape index (κ3) is 9.54. The molecule has 8 rings (SSSR count). The zero-order valence-electron chi connectivity index (χ0n) is 36.4. The topological polar surface area (TPSA) is 113 Å². The lowest BCUT2D eigenvalue weighted by Gasteiger charge is -2.47. The average molecular weight is 853 g/mol. The third-order valence-electron chi connectivity index (χ3n) is 14.0. The van der Waals surface area contributed by atoms with Crippen LogP contribution >= 0.6 is 23.5 Å². The summed E-state index contributed by atoms with van der Waals surface area (Å²) < 4.78 is 0. The van der Waals surface area contributed by atoms with Gasteiger partial charge >= 0.3 is 0 Å². The first kappa shape index (κ1) is 43.4. The van der Waals surface area contributed by atoms with E-state index in [1.54, 1.807) is 23.5 Å². The lowest BCUT2D eigenvalue weighted by atomic mass is 9.72. The van der Waals surface area contributed by atoms with Crippen molar-refractivity contribution >= 4 is 62.9 Å². The van der Waals surface area contributed by atoms with Gasteiger partial charge in [0, 0.05) is 83.7 Å². The summed E-state index contributed by atoms with van der Waals surface area (Å²) in [5.41, 5.74) is 8.42. The smallest absolute Gasteiger partial charge is 0.230 e. The largest absolute Gasteiger partial charge is 0.361 e. The van der Waals surface area contributed by atoms with Crippen LogP contribution in [0.15, 0.2) is 48.8 Å². The molecule has 0 saturated carbocycles. The standard InChI is InChI=1S/C49H68N6O3S2/c1-5-17-54-25-32(19-38-36-11-9-14-40-47(36)34(23-51-40)21-43(38)54)27-59-29-45(56)50-16-8-7-13-42(49(58)31(3)4)53-46(57)30-60-28-33-20-39-37-12-10-15-41-48(37)35(24-52-41)22-44(39)55(26-33)18-6-2/h9-12,14-15,23-24,31-33,38-39,42-44,51-52H,5-8,13,16-22,25-30H2,1-4H3,(H,50,56)(H,53,57)/t32-,33?,38-,39-,42+,43-,44-/m1/s1. The summed E-state index contributed by atoms with van der Waals surface area (Å²) in [7, 11) is 0. The molecule has 4 N–H and O–H groups in total. The first-order valence-electron chi connectivity index (χ1n) is 23.1. The number of Topliss-reactive ketones (excluding diaryl/α,β-unsaturated/α-hetero) is 1. The number of piperidine rings is 2. The summed E-state index contributed by atoms with van der Waals surface area (Å²) in [6.45, 7) is 13.4. The summed E-state index contributed by atoms with van der Waals surface area (Å²) in [5, 5.41) is 9.11. The maximum absolute atomic E-state index is 13.3. The van der Waals surface area contributed by atoms with E-state index >= 15 is 0 Å². The number of ketones is 1. The van der Waals surface area contributed by atoms with E-state index in [9.17, 15) is 14.4 Å². The summed E-state index contributed by atoms with van der Waals surface area (Å²) in [5.74, 6) is 4.89. The second-order valence-corrected chi connectivity index (χ2v) is 20.7. The summed E-state index contributed by atoms with van der Waals surface area (Å²) in [6, 6.07) is 14.1. The average Bonchev–Trinajstić information content (AvgIpc) is 3.86. The lowest BCUT2D eigenvalue weighted by molar-refractivity contribution is -0.128. The van der Waals surface area contributed by atoms with Crippen molar-refractivity contribution in [2.75, 3.05) is 55.7 Å². The minimum absolute atomic E-state index is 0.0520. The van der Waals surface area contributed by atoms with Crippen molar-refractivity contribution in [3.05, 3.63) is 71.0 Å². The number of hydrogen-bond acceptors (Lipinski definition) is 7. The van der Waals surface area contributed by atoms with Crippen LogP contribution < -0.4 is 10.6 Å². The molecule has 9 nitrogen and oxygen atoms in total. The van der Waals surface area contributed by atoms with Crippen molar-refractivity contribution in [2.45, 2.75) is 115 Å². The summed E-state index contributed by atoms with van der Waals surface area (Å²) >= 11 is 3.48. The molecule has 4 heterocycles. The number of carbonyl (C=O) groups is 3. The molecule has 4 aliphatic rings. The normalized spacial score (nSPS) is 24.4. The number of likely N-dealkylation sites (tertiary alicyclic amines) is 2. The molecular formula is C49H68N6O3S2. The van der Waals surface area contributed by atoms with Gasteiger partial charge in [-0.15, -0.1) is 0 Å². The Labute approximate surface area is 366 Å². The maximum Gasteiger partial charge on any atom is 0.230 e. The van der Waals surface area contributed by atoms with Crippen LogP contribution in [0.5, 0.6) is 0 Å². The number of unbranched alkanes of at least 4 members (excludes halogenated alkanes) is 1. The molecule has 1 unspecified atom stereocenters. The zero-order chi connectivity index (χ0) is 41.8. The second kappa shape index (κ2) is 19.9. The van der Waals surface area contributed by atoms with Crippen LogP contribution in [0.3, 0.4) is 0 Å². The van der Waals surface area contributed by atoms with Crippen LogP contribution in [0, 0.1) is 17.8 Å². The number of aromatic amines is 2. The van der Waals surface area contributed by atoms with E-state index in [1.807, 2.05) is 13.8 Å². The number of amides is 2. The molecule has 0 spiro atoms. The van der Waals surface area contributed by atoms with E-state index in [1.165, 1.54) is 50.5 Å². The van der Waals surface area contributed by atoms with Gasteiger partial charge in [0.25, 0.3) is 0 Å². The Bertz CT molecular complexity index is 2110. The van der Waals surface area contributed by atoms with Gasteiger partial charge in [0.1, 0.15) is 0 Å². The molecular weight excluding hydrogens is 785 g/mol. The van der Waals surface area contributed by atoms with Gasteiger partial charge in [-0.1, -0.05) is 52.0 Å². The van der Waals surface area contributed by atoms with Crippen molar-refractivity contribution in [3.63, 3.8) is 0 Å². The number of rotatable bonds is 20. The molecule has 4 aromatic rings. The molecule has 2 aliphatic carbocycles. The maximum atomic E-state index is 13.3. The Hall–Kier alpha value is -3.25. The van der Waals surface area contributed by atoms with Crippen molar-refractivity contribution in [2.24, 2.45) is 17.8 Å². The molecule has 0 radical (unpaired) electrons. The van der Waals surface area contributed by atoms with Gasteiger partial charge < -0.3 is 20.6 Å². The zero-order valence-corrected chi connectivity index (χ0v) is 38.0. The van der Waals surface area contributed by atoms with Crippen LogP contribution in [-0.4, -0.2) is 111 Å². The van der Waals surface area contributed by atoms with Crippen LogP contribution in [-0.2, 0) is 27.2 Å². The second-order valence-electron chi connectivity index (χ2n) is 18.7. The van der Waals surface area contributed by atoms with Gasteiger partial charge in [-0.3, -0.25) is 24.2 Å². The molecule has 2 fully saturated rings. The number of H-pyrrole nitrogens is 2. The van der Waals surface area contributed by atoms with Gasteiger partial charge in [0.05, 0.1) is 17.5 Å². The molecule has 2 amide bonds. The number of nitrogens with one attached hydrogen (secondary N) is 4. The number of nitrogens with zero attached hydrogens (tertiary/aromatic N) is 2. The molecule has 0 bridgehead atoms. The van der Waals surface area contributed by atoms with E-state index in [0.29, 0.717) is 60.2 Å². The summed E-state index contributed by atoms with van der Waals surface area (Å²) in [4.78, 5) is 51.9. The van der Waals surface area contributed by atoms with Crippen LogP contribution in [0.2, 0.25) is 0 Å². The Balaban J connectivity index is 0.750. The van der Waals surface area contributed by atoms with Crippen LogP contribution in [0.4, 0.5) is 0 Å². The SMILES string of the molecule is CCCN1CC(CSCC(=O)N[C@@H](CCCCNC(=O)CSC[C@@H]2C[C@@H]3c4cccc5[nH]cc(c45)C[C@H]3N(CCC)C2)C(=O)C(C)C)C[C@@H]2c3cccc4[nH]cc(c34)C[C@H]21. The summed E-state index contributed by atoms with van der Waals surface area (Å²) in [6.07, 6.45) is 13.4. The highest BCUT2D eigenvalue weighted by Crippen LogP contribution is 2.47. The molecule has 2 aromatic carbocycles. The van der Waals surface area contributed by atoms with Crippen LogP contribution in [0.25, 0.3) is 21.8 Å². The van der Waals surface area contributed by atoms with E-state index < -0.39 is 6.04 Å². The van der Waals surface area contributed by atoms with Crippen LogP contribution in [0.1, 0.15) is 107 Å². The van der Waals surface area contributed by atoms with Gasteiger partial charge in [-0.05, 0) is 129 Å². The molecule has 7 atom stereocenters. The lowest BCUT2D eigenvalue weighted by Crippen LogP contribution is -2.50. The fourth-order valence-corrected chi connectivity index (χ4v) is 13.4. The Kier molecular flexibility index (Phi) is 14.4. The number of carbonyl (C=O) groups excluding carboxylic acids is 3. The molecule has 2 aliphatic heterocycles. The van der Waals surface area contributed by atoms with E-state index in [4.69, 9.17) is 0 Å². The third-order valence-corrected chi connectivity index (χ3v) is 16.4. The number of thioether (sulfide) groups is 2. The minimum atomic E-state index is -0.486. The monoisotopic (exact) mass is 852 g/mol. The predicted molar refractivity (Wildman–Crippen MR) is 250 cm³/mol. The highest BCUT2D eigenvalue weighted by atomic mass is 32.2. The number of hydrogen-bond donors (Lipinski definition) is 4. The first-order valence-corrected chi connectivity index (χ1v) is 25.4. The molecule has 11 heteroatoms. The van der Waals surface area contributed by atoms with E-state index in [-0.39, 0.29) is 23.5 Å².